The second-order valence-corrected chi connectivity index (χ2v) is 14.1. The molecular formula is C52H34N2O. The van der Waals surface area contributed by atoms with Crippen molar-refractivity contribution in [3.05, 3.63) is 206 Å². The van der Waals surface area contributed by atoms with Gasteiger partial charge >= 0.3 is 0 Å². The lowest BCUT2D eigenvalue weighted by atomic mass is 9.97. The molecule has 0 aliphatic heterocycles. The smallest absolute Gasteiger partial charge is 0.159 e. The molecule has 0 aliphatic carbocycles. The molecule has 0 atom stereocenters. The first-order chi connectivity index (χ1) is 27.3. The molecular weight excluding hydrogens is 669 g/mol. The Labute approximate surface area is 318 Å². The second kappa shape index (κ2) is 12.6. The summed E-state index contributed by atoms with van der Waals surface area (Å²) in [6.07, 6.45) is 0. The monoisotopic (exact) mass is 702 g/mol. The Morgan fingerprint density at radius 3 is 1.93 bits per heavy atom. The zero-order chi connectivity index (χ0) is 36.3. The summed E-state index contributed by atoms with van der Waals surface area (Å²) in [6, 6.07) is 73.9. The van der Waals surface area contributed by atoms with Crippen LogP contribution in [0.1, 0.15) is 0 Å². The van der Waals surface area contributed by atoms with E-state index < -0.39 is 0 Å². The van der Waals surface area contributed by atoms with E-state index in [1.165, 1.54) is 49.3 Å². The van der Waals surface area contributed by atoms with Crippen LogP contribution in [-0.4, -0.2) is 4.57 Å². The first-order valence-corrected chi connectivity index (χ1v) is 18.8. The largest absolute Gasteiger partial charge is 0.454 e. The van der Waals surface area contributed by atoms with Gasteiger partial charge in [-0.1, -0.05) is 146 Å². The summed E-state index contributed by atoms with van der Waals surface area (Å²) >= 11 is 0. The molecule has 55 heavy (non-hydrogen) atoms. The minimum Gasteiger partial charge on any atom is -0.454 e. The van der Waals surface area contributed by atoms with Crippen LogP contribution in [0.4, 0.5) is 17.1 Å². The van der Waals surface area contributed by atoms with Gasteiger partial charge in [0.25, 0.3) is 0 Å². The van der Waals surface area contributed by atoms with Crippen LogP contribution in [0.25, 0.3) is 82.5 Å². The van der Waals surface area contributed by atoms with Crippen molar-refractivity contribution in [1.82, 2.24) is 4.57 Å². The van der Waals surface area contributed by atoms with Gasteiger partial charge in [-0.25, -0.2) is 0 Å². The zero-order valence-corrected chi connectivity index (χ0v) is 29.9. The minimum atomic E-state index is 0.859. The first-order valence-electron chi connectivity index (χ1n) is 18.8. The van der Waals surface area contributed by atoms with Crippen LogP contribution in [0.3, 0.4) is 0 Å². The fourth-order valence-corrected chi connectivity index (χ4v) is 8.42. The molecule has 0 bridgehead atoms. The van der Waals surface area contributed by atoms with E-state index in [-0.39, 0.29) is 0 Å². The van der Waals surface area contributed by atoms with Crippen LogP contribution >= 0.6 is 0 Å². The van der Waals surface area contributed by atoms with Gasteiger partial charge in [-0.15, -0.1) is 0 Å². The number of aromatic nitrogens is 1. The Kier molecular flexibility index (Phi) is 7.17. The maximum atomic E-state index is 6.68. The molecule has 2 aromatic heterocycles. The van der Waals surface area contributed by atoms with E-state index in [2.05, 4.69) is 210 Å². The van der Waals surface area contributed by atoms with Gasteiger partial charge < -0.3 is 13.9 Å². The fourth-order valence-electron chi connectivity index (χ4n) is 8.42. The number of para-hydroxylation sites is 3. The number of benzene rings is 9. The van der Waals surface area contributed by atoms with E-state index in [9.17, 15) is 0 Å². The number of hydrogen-bond acceptors (Lipinski definition) is 2. The fraction of sp³-hybridized carbons (Fsp3) is 0. The lowest BCUT2D eigenvalue weighted by Gasteiger charge is -2.26. The number of fused-ring (bicyclic) bond motifs is 7. The summed E-state index contributed by atoms with van der Waals surface area (Å²) in [5.74, 6) is 0. The number of furan rings is 1. The summed E-state index contributed by atoms with van der Waals surface area (Å²) in [6.45, 7) is 0. The van der Waals surface area contributed by atoms with E-state index in [1.54, 1.807) is 0 Å². The average molecular weight is 703 g/mol. The predicted molar refractivity (Wildman–Crippen MR) is 231 cm³/mol. The number of anilines is 3. The molecule has 2 heterocycles. The highest BCUT2D eigenvalue weighted by Crippen LogP contribution is 2.45. The molecule has 11 aromatic rings. The van der Waals surface area contributed by atoms with Gasteiger partial charge in [-0.05, 0) is 93.7 Å². The van der Waals surface area contributed by atoms with E-state index in [4.69, 9.17) is 4.42 Å². The van der Waals surface area contributed by atoms with Crippen molar-refractivity contribution >= 4 is 71.6 Å². The normalized spacial score (nSPS) is 11.6. The quantitative estimate of drug-likeness (QED) is 0.172. The summed E-state index contributed by atoms with van der Waals surface area (Å²) in [4.78, 5) is 2.34. The van der Waals surface area contributed by atoms with Crippen molar-refractivity contribution in [3.8, 4) is 27.9 Å². The highest BCUT2D eigenvalue weighted by atomic mass is 16.3. The Hall–Kier alpha value is -7.36. The lowest BCUT2D eigenvalue weighted by molar-refractivity contribution is 0.669. The molecule has 0 spiro atoms. The molecule has 3 nitrogen and oxygen atoms in total. The Bertz CT molecular complexity index is 3190. The van der Waals surface area contributed by atoms with E-state index in [1.807, 2.05) is 6.07 Å². The van der Waals surface area contributed by atoms with Gasteiger partial charge in [-0.2, -0.15) is 0 Å². The van der Waals surface area contributed by atoms with Crippen LogP contribution in [0, 0.1) is 0 Å². The van der Waals surface area contributed by atoms with Gasteiger partial charge in [-0.3, -0.25) is 0 Å². The molecule has 0 fully saturated rings. The van der Waals surface area contributed by atoms with Gasteiger partial charge in [0.1, 0.15) is 5.58 Å². The van der Waals surface area contributed by atoms with Crippen LogP contribution in [0.15, 0.2) is 211 Å². The molecule has 3 heteroatoms. The standard InChI is InChI=1S/C52H34N2O/c1-3-13-35(14-4-1)37-27-29-41(30-28-37)53(48-23-12-21-45-44-19-9-10-24-50(44)55-52(45)48)42-31-32-46-49(34-42)54(40-17-5-2-6-18-40)47-22-11-20-43(51(46)47)39-26-25-36-15-7-8-16-38(36)33-39/h1-34H. The van der Waals surface area contributed by atoms with Gasteiger partial charge in [0.05, 0.1) is 16.7 Å². The summed E-state index contributed by atoms with van der Waals surface area (Å²) in [5.41, 5.74) is 13.0. The Morgan fingerprint density at radius 2 is 1.07 bits per heavy atom. The molecule has 258 valence electrons. The van der Waals surface area contributed by atoms with Crippen LogP contribution < -0.4 is 4.90 Å². The second-order valence-electron chi connectivity index (χ2n) is 14.1. The summed E-state index contributed by atoms with van der Waals surface area (Å²) in [5, 5.41) is 7.12. The molecule has 0 amide bonds. The van der Waals surface area contributed by atoms with Crippen LogP contribution in [0.2, 0.25) is 0 Å². The zero-order valence-electron chi connectivity index (χ0n) is 29.9. The third-order valence-corrected chi connectivity index (χ3v) is 11.0. The van der Waals surface area contributed by atoms with Crippen molar-refractivity contribution in [2.24, 2.45) is 0 Å². The SMILES string of the molecule is c1ccc(-c2ccc(N(c3ccc4c5c(-c6ccc7ccccc7c6)cccc5n(-c5ccccc5)c4c3)c3cccc4c3oc3ccccc34)cc2)cc1. The van der Waals surface area contributed by atoms with Crippen LogP contribution in [0.5, 0.6) is 0 Å². The molecule has 0 aliphatic rings. The topological polar surface area (TPSA) is 21.3 Å². The summed E-state index contributed by atoms with van der Waals surface area (Å²) < 4.78 is 9.09. The van der Waals surface area contributed by atoms with Crippen molar-refractivity contribution in [2.45, 2.75) is 0 Å². The van der Waals surface area contributed by atoms with Crippen molar-refractivity contribution in [3.63, 3.8) is 0 Å². The predicted octanol–water partition coefficient (Wildman–Crippen LogP) is 14.6. The minimum absolute atomic E-state index is 0.859. The molecule has 0 saturated carbocycles. The third-order valence-electron chi connectivity index (χ3n) is 11.0. The molecule has 0 radical (unpaired) electrons. The van der Waals surface area contributed by atoms with E-state index >= 15 is 0 Å². The first kappa shape index (κ1) is 31.2. The van der Waals surface area contributed by atoms with Gasteiger partial charge in [0.2, 0.25) is 0 Å². The van der Waals surface area contributed by atoms with Crippen molar-refractivity contribution in [2.75, 3.05) is 4.90 Å². The Balaban J connectivity index is 1.17. The molecule has 9 aromatic carbocycles. The maximum Gasteiger partial charge on any atom is 0.159 e. The van der Waals surface area contributed by atoms with E-state index in [0.717, 1.165) is 50.2 Å². The Morgan fingerprint density at radius 1 is 0.400 bits per heavy atom. The number of nitrogens with zero attached hydrogens (tertiary/aromatic N) is 2. The maximum absolute atomic E-state index is 6.68. The third kappa shape index (κ3) is 5.13. The molecule has 0 N–H and O–H groups in total. The van der Waals surface area contributed by atoms with E-state index in [0.29, 0.717) is 0 Å². The molecule has 0 saturated heterocycles. The highest BCUT2D eigenvalue weighted by Gasteiger charge is 2.22. The number of rotatable bonds is 6. The molecule has 0 unspecified atom stereocenters. The summed E-state index contributed by atoms with van der Waals surface area (Å²) in [7, 11) is 0. The number of hydrogen-bond donors (Lipinski definition) is 0. The van der Waals surface area contributed by atoms with Gasteiger partial charge in [0, 0.05) is 38.6 Å². The molecule has 11 rings (SSSR count). The average Bonchev–Trinajstić information content (AvgIpc) is 3.81. The van der Waals surface area contributed by atoms with Crippen LogP contribution in [-0.2, 0) is 0 Å². The van der Waals surface area contributed by atoms with Gasteiger partial charge in [0.15, 0.2) is 5.58 Å². The highest BCUT2D eigenvalue weighted by molar-refractivity contribution is 6.17. The van der Waals surface area contributed by atoms with Crippen molar-refractivity contribution < 1.29 is 4.42 Å². The van der Waals surface area contributed by atoms with Crippen molar-refractivity contribution in [1.29, 1.82) is 0 Å². The lowest BCUT2D eigenvalue weighted by Crippen LogP contribution is -2.10.